The van der Waals surface area contributed by atoms with Crippen LogP contribution in [0.2, 0.25) is 0 Å². The third-order valence-electron chi connectivity index (χ3n) is 2.50. The van der Waals surface area contributed by atoms with Gasteiger partial charge in [-0.1, -0.05) is 0 Å². The van der Waals surface area contributed by atoms with E-state index in [1.165, 1.54) is 17.2 Å². The summed E-state index contributed by atoms with van der Waals surface area (Å²) in [6, 6.07) is 1.46. The van der Waals surface area contributed by atoms with Crippen LogP contribution in [0.15, 0.2) is 12.3 Å². The summed E-state index contributed by atoms with van der Waals surface area (Å²) < 4.78 is 37.4. The summed E-state index contributed by atoms with van der Waals surface area (Å²) in [5.74, 6) is 0.652. The maximum atomic E-state index is 12.5. The Bertz CT molecular complexity index is 389. The molecule has 1 aromatic rings. The van der Waals surface area contributed by atoms with Crippen LogP contribution in [0.4, 0.5) is 24.9 Å². The average Bonchev–Trinajstić information content (AvgIpc) is 3.09. The number of halogens is 3. The van der Waals surface area contributed by atoms with Gasteiger partial charge in [-0.2, -0.15) is 18.2 Å². The van der Waals surface area contributed by atoms with Gasteiger partial charge in [-0.05, 0) is 18.9 Å². The Labute approximate surface area is 96.9 Å². The van der Waals surface area contributed by atoms with Crippen molar-refractivity contribution in [1.82, 2.24) is 9.97 Å². The van der Waals surface area contributed by atoms with Crippen molar-refractivity contribution in [3.8, 4) is 0 Å². The lowest BCUT2D eigenvalue weighted by molar-refractivity contribution is -0.120. The van der Waals surface area contributed by atoms with Gasteiger partial charge in [0.25, 0.3) is 0 Å². The van der Waals surface area contributed by atoms with Gasteiger partial charge in [-0.3, -0.25) is 0 Å². The molecule has 1 fully saturated rings. The van der Waals surface area contributed by atoms with Crippen LogP contribution in [0, 0.1) is 0 Å². The van der Waals surface area contributed by atoms with E-state index in [4.69, 9.17) is 0 Å². The van der Waals surface area contributed by atoms with E-state index < -0.39 is 12.7 Å². The lowest BCUT2D eigenvalue weighted by Gasteiger charge is -2.24. The van der Waals surface area contributed by atoms with Gasteiger partial charge in [0.15, 0.2) is 0 Å². The van der Waals surface area contributed by atoms with Crippen molar-refractivity contribution in [3.05, 3.63) is 12.3 Å². The minimum atomic E-state index is -4.21. The van der Waals surface area contributed by atoms with Crippen molar-refractivity contribution in [2.45, 2.75) is 25.1 Å². The van der Waals surface area contributed by atoms with Gasteiger partial charge in [0, 0.05) is 19.3 Å². The highest BCUT2D eigenvalue weighted by Crippen LogP contribution is 2.33. The third kappa shape index (κ3) is 3.21. The van der Waals surface area contributed by atoms with Crippen molar-refractivity contribution >= 4 is 11.8 Å². The molecule has 1 aromatic heterocycles. The first-order valence-electron chi connectivity index (χ1n) is 5.34. The summed E-state index contributed by atoms with van der Waals surface area (Å²) in [6.45, 7) is -0.960. The van der Waals surface area contributed by atoms with E-state index in [-0.39, 0.29) is 6.04 Å². The highest BCUT2D eigenvalue weighted by atomic mass is 19.4. The second-order valence-electron chi connectivity index (χ2n) is 3.96. The van der Waals surface area contributed by atoms with Crippen molar-refractivity contribution in [2.24, 2.45) is 0 Å². The lowest BCUT2D eigenvalue weighted by Crippen LogP contribution is -2.36. The second kappa shape index (κ2) is 4.38. The van der Waals surface area contributed by atoms with Gasteiger partial charge in [0.2, 0.25) is 5.95 Å². The molecule has 4 nitrogen and oxygen atoms in total. The van der Waals surface area contributed by atoms with Gasteiger partial charge >= 0.3 is 6.18 Å². The Morgan fingerprint density at radius 2 is 2.18 bits per heavy atom. The molecule has 1 heterocycles. The molecule has 0 amide bonds. The van der Waals surface area contributed by atoms with Crippen LogP contribution in [-0.2, 0) is 0 Å². The molecule has 0 spiro atoms. The molecule has 0 atom stereocenters. The Hall–Kier alpha value is -1.53. The van der Waals surface area contributed by atoms with Crippen LogP contribution in [0.5, 0.6) is 0 Å². The molecule has 0 saturated heterocycles. The Morgan fingerprint density at radius 1 is 1.47 bits per heavy atom. The van der Waals surface area contributed by atoms with Crippen LogP contribution >= 0.6 is 0 Å². The Morgan fingerprint density at radius 3 is 2.71 bits per heavy atom. The van der Waals surface area contributed by atoms with E-state index in [9.17, 15) is 13.2 Å². The van der Waals surface area contributed by atoms with Crippen molar-refractivity contribution in [1.29, 1.82) is 0 Å². The van der Waals surface area contributed by atoms with E-state index in [1.807, 2.05) is 0 Å². The molecule has 0 bridgehead atoms. The fourth-order valence-electron chi connectivity index (χ4n) is 1.61. The largest absolute Gasteiger partial charge is 0.405 e. The van der Waals surface area contributed by atoms with Crippen molar-refractivity contribution in [3.63, 3.8) is 0 Å². The minimum Gasteiger partial charge on any atom is -0.357 e. The maximum Gasteiger partial charge on any atom is 0.405 e. The van der Waals surface area contributed by atoms with E-state index in [1.54, 1.807) is 7.05 Å². The smallest absolute Gasteiger partial charge is 0.357 e. The molecule has 0 aromatic carbocycles. The maximum absolute atomic E-state index is 12.5. The van der Waals surface area contributed by atoms with Crippen LogP contribution in [-0.4, -0.2) is 35.8 Å². The topological polar surface area (TPSA) is 41.1 Å². The third-order valence-corrected chi connectivity index (χ3v) is 2.50. The minimum absolute atomic E-state index is 0.0452. The molecule has 1 aliphatic rings. The zero-order valence-corrected chi connectivity index (χ0v) is 9.33. The highest BCUT2D eigenvalue weighted by Gasteiger charge is 2.38. The molecule has 1 N–H and O–H groups in total. The molecule has 0 unspecified atom stereocenters. The number of rotatable bonds is 4. The molecule has 1 saturated carbocycles. The van der Waals surface area contributed by atoms with E-state index in [2.05, 4.69) is 15.3 Å². The molecule has 0 aliphatic heterocycles. The fourth-order valence-corrected chi connectivity index (χ4v) is 1.61. The number of hydrogen-bond acceptors (Lipinski definition) is 4. The van der Waals surface area contributed by atoms with Crippen LogP contribution in [0.3, 0.4) is 0 Å². The SMILES string of the molecule is CNc1nccc(N(CC(F)(F)F)C2CC2)n1. The summed E-state index contributed by atoms with van der Waals surface area (Å²) >= 11 is 0. The highest BCUT2D eigenvalue weighted by molar-refractivity contribution is 5.44. The number of nitrogens with one attached hydrogen (secondary N) is 1. The summed E-state index contributed by atoms with van der Waals surface area (Å²) in [5.41, 5.74) is 0. The molecule has 7 heteroatoms. The standard InChI is InChI=1S/C10H13F3N4/c1-14-9-15-5-4-8(16-9)17(7-2-3-7)6-10(11,12)13/h4-5,7H,2-3,6H2,1H3,(H,14,15,16). The predicted octanol–water partition coefficient (Wildman–Crippen LogP) is 2.05. The first-order valence-corrected chi connectivity index (χ1v) is 5.34. The van der Waals surface area contributed by atoms with E-state index >= 15 is 0 Å². The summed E-state index contributed by atoms with van der Waals surface area (Å²) in [4.78, 5) is 9.22. The van der Waals surface area contributed by atoms with Gasteiger partial charge in [0.1, 0.15) is 12.4 Å². The predicted molar refractivity (Wildman–Crippen MR) is 58.0 cm³/mol. The monoisotopic (exact) mass is 246 g/mol. The normalized spacial score (nSPS) is 15.8. The number of anilines is 2. The second-order valence-corrected chi connectivity index (χ2v) is 3.96. The Kier molecular flexibility index (Phi) is 3.08. The van der Waals surface area contributed by atoms with Crippen molar-refractivity contribution in [2.75, 3.05) is 23.8 Å². The molecule has 0 radical (unpaired) electrons. The number of hydrogen-bond donors (Lipinski definition) is 1. The zero-order valence-electron chi connectivity index (χ0n) is 9.33. The van der Waals surface area contributed by atoms with E-state index in [0.29, 0.717) is 11.8 Å². The molecule has 1 aliphatic carbocycles. The lowest BCUT2D eigenvalue weighted by atomic mass is 10.4. The molecule has 17 heavy (non-hydrogen) atoms. The fraction of sp³-hybridized carbons (Fsp3) is 0.600. The van der Waals surface area contributed by atoms with Crippen molar-refractivity contribution < 1.29 is 13.2 Å². The molecule has 94 valence electrons. The van der Waals surface area contributed by atoms with Crippen LogP contribution < -0.4 is 10.2 Å². The summed E-state index contributed by atoms with van der Waals surface area (Å²) in [5, 5.41) is 2.71. The van der Waals surface area contributed by atoms with E-state index in [0.717, 1.165) is 12.8 Å². The van der Waals surface area contributed by atoms with Crippen LogP contribution in [0.25, 0.3) is 0 Å². The molecule has 2 rings (SSSR count). The molecular formula is C10H13F3N4. The number of alkyl halides is 3. The summed E-state index contributed by atoms with van der Waals surface area (Å²) in [7, 11) is 1.63. The number of nitrogens with zero attached hydrogens (tertiary/aromatic N) is 3. The first-order chi connectivity index (χ1) is 7.99. The average molecular weight is 246 g/mol. The van der Waals surface area contributed by atoms with Crippen LogP contribution in [0.1, 0.15) is 12.8 Å². The molecular weight excluding hydrogens is 233 g/mol. The quantitative estimate of drug-likeness (QED) is 0.882. The van der Waals surface area contributed by atoms with Gasteiger partial charge in [0.05, 0.1) is 0 Å². The summed E-state index contributed by atoms with van der Waals surface area (Å²) in [6.07, 6.45) is -1.18. The van der Waals surface area contributed by atoms with Gasteiger partial charge in [-0.25, -0.2) is 4.98 Å². The number of aromatic nitrogens is 2. The zero-order chi connectivity index (χ0) is 12.5. The van der Waals surface area contributed by atoms with Gasteiger partial charge in [-0.15, -0.1) is 0 Å². The Balaban J connectivity index is 2.19. The van der Waals surface area contributed by atoms with Gasteiger partial charge < -0.3 is 10.2 Å². The first kappa shape index (κ1) is 11.9.